The summed E-state index contributed by atoms with van der Waals surface area (Å²) in [6.07, 6.45) is 2.25. The zero-order chi connectivity index (χ0) is 10.3. The van der Waals surface area contributed by atoms with Crippen molar-refractivity contribution in [2.75, 3.05) is 6.61 Å². The number of carbonyl (C=O) groups excluding carboxylic acids is 1. The monoisotopic (exact) mass is 201 g/mol. The van der Waals surface area contributed by atoms with Gasteiger partial charge in [-0.1, -0.05) is 36.4 Å². The number of rotatable bonds is 1. The largest absolute Gasteiger partial charge is 0.347 e. The van der Waals surface area contributed by atoms with E-state index >= 15 is 0 Å². The third-order valence-corrected chi connectivity index (χ3v) is 2.80. The highest BCUT2D eigenvalue weighted by Crippen LogP contribution is 2.36. The maximum Gasteiger partial charge on any atom is 0.233 e. The van der Waals surface area contributed by atoms with E-state index in [1.165, 1.54) is 0 Å². The fourth-order valence-corrected chi connectivity index (χ4v) is 2.07. The molecule has 3 rings (SSSR count). The molecule has 2 heterocycles. The van der Waals surface area contributed by atoms with E-state index in [2.05, 4.69) is 0 Å². The van der Waals surface area contributed by atoms with Crippen LogP contribution in [0.25, 0.3) is 0 Å². The molecule has 1 aromatic carbocycles. The minimum Gasteiger partial charge on any atom is -0.347 e. The Hall–Kier alpha value is -1.61. The molecule has 0 radical (unpaired) electrons. The second-order valence-electron chi connectivity index (χ2n) is 3.74. The van der Waals surface area contributed by atoms with Gasteiger partial charge in [-0.15, -0.1) is 0 Å². The molecule has 3 heteroatoms. The maximum atomic E-state index is 11.6. The molecule has 0 N–H and O–H groups in total. The summed E-state index contributed by atoms with van der Waals surface area (Å²) >= 11 is 0. The normalized spacial score (nSPS) is 24.3. The van der Waals surface area contributed by atoms with Crippen molar-refractivity contribution in [2.45, 2.75) is 12.6 Å². The molecule has 1 atom stereocenters. The van der Waals surface area contributed by atoms with Crippen LogP contribution in [0.3, 0.4) is 0 Å². The summed E-state index contributed by atoms with van der Waals surface area (Å²) in [5.41, 5.74) is 2.05. The zero-order valence-corrected chi connectivity index (χ0v) is 8.22. The minimum absolute atomic E-state index is 0.136. The molecule has 0 aromatic heterocycles. The van der Waals surface area contributed by atoms with Gasteiger partial charge in [-0.3, -0.25) is 9.69 Å². The van der Waals surface area contributed by atoms with E-state index in [1.54, 1.807) is 4.90 Å². The first-order valence-electron chi connectivity index (χ1n) is 5.04. The van der Waals surface area contributed by atoms with E-state index in [4.69, 9.17) is 4.74 Å². The second-order valence-corrected chi connectivity index (χ2v) is 3.74. The molecule has 2 aliphatic heterocycles. The molecule has 76 valence electrons. The summed E-state index contributed by atoms with van der Waals surface area (Å²) in [5, 5.41) is 0. The molecule has 1 aromatic rings. The molecule has 1 fully saturated rings. The lowest BCUT2D eigenvalue weighted by atomic mass is 10.2. The summed E-state index contributed by atoms with van der Waals surface area (Å²) in [7, 11) is 0. The van der Waals surface area contributed by atoms with Gasteiger partial charge >= 0.3 is 0 Å². The Labute approximate surface area is 88.0 Å². The minimum atomic E-state index is -0.215. The van der Waals surface area contributed by atoms with Crippen LogP contribution in [0.2, 0.25) is 0 Å². The third-order valence-electron chi connectivity index (χ3n) is 2.80. The van der Waals surface area contributed by atoms with E-state index < -0.39 is 0 Å². The van der Waals surface area contributed by atoms with E-state index in [1.807, 2.05) is 36.4 Å². The van der Waals surface area contributed by atoms with Crippen LogP contribution in [-0.2, 0) is 9.53 Å². The van der Waals surface area contributed by atoms with E-state index in [-0.39, 0.29) is 12.1 Å². The Morgan fingerprint density at radius 2 is 2.07 bits per heavy atom. The quantitative estimate of drug-likeness (QED) is 0.693. The van der Waals surface area contributed by atoms with Gasteiger partial charge < -0.3 is 4.74 Å². The van der Waals surface area contributed by atoms with Gasteiger partial charge in [0.2, 0.25) is 5.91 Å². The molecule has 15 heavy (non-hydrogen) atoms. The zero-order valence-electron chi connectivity index (χ0n) is 8.22. The standard InChI is InChI=1S/C12H11NO2/c14-11-7-6-10-8-15-12(13(10)11)9-4-2-1-3-5-9/h1-6,12H,7-8H2. The molecule has 3 nitrogen and oxygen atoms in total. The van der Waals surface area contributed by atoms with Crippen molar-refractivity contribution in [1.82, 2.24) is 4.90 Å². The molecule has 0 bridgehead atoms. The lowest BCUT2D eigenvalue weighted by molar-refractivity contribution is -0.132. The molecule has 1 amide bonds. The summed E-state index contributed by atoms with van der Waals surface area (Å²) in [4.78, 5) is 13.4. The molecular formula is C12H11NO2. The number of fused-ring (bicyclic) bond motifs is 1. The predicted molar refractivity (Wildman–Crippen MR) is 54.7 cm³/mol. The first kappa shape index (κ1) is 8.68. The average Bonchev–Trinajstić information content (AvgIpc) is 2.84. The Morgan fingerprint density at radius 3 is 2.87 bits per heavy atom. The predicted octanol–water partition coefficient (Wildman–Crippen LogP) is 1.83. The fourth-order valence-electron chi connectivity index (χ4n) is 2.07. The number of benzene rings is 1. The Bertz CT molecular complexity index is 425. The van der Waals surface area contributed by atoms with Gasteiger partial charge in [0.15, 0.2) is 6.23 Å². The third kappa shape index (κ3) is 1.27. The summed E-state index contributed by atoms with van der Waals surface area (Å²) < 4.78 is 5.61. The summed E-state index contributed by atoms with van der Waals surface area (Å²) in [5.74, 6) is 0.136. The van der Waals surface area contributed by atoms with Gasteiger partial charge in [-0.2, -0.15) is 0 Å². The van der Waals surface area contributed by atoms with Crippen molar-refractivity contribution in [2.24, 2.45) is 0 Å². The van der Waals surface area contributed by atoms with Crippen LogP contribution in [0.15, 0.2) is 42.1 Å². The first-order chi connectivity index (χ1) is 7.36. The van der Waals surface area contributed by atoms with E-state index in [0.717, 1.165) is 11.3 Å². The van der Waals surface area contributed by atoms with Crippen LogP contribution >= 0.6 is 0 Å². The number of amides is 1. The fraction of sp³-hybridized carbons (Fsp3) is 0.250. The SMILES string of the molecule is O=C1CC=C2COC(c3ccccc3)N12. The molecule has 1 saturated heterocycles. The first-order valence-corrected chi connectivity index (χ1v) is 5.04. The average molecular weight is 201 g/mol. The summed E-state index contributed by atoms with van der Waals surface area (Å²) in [6.45, 7) is 0.547. The second kappa shape index (κ2) is 3.21. The smallest absolute Gasteiger partial charge is 0.233 e. The molecule has 1 unspecified atom stereocenters. The summed E-state index contributed by atoms with van der Waals surface area (Å²) in [6, 6.07) is 9.85. The van der Waals surface area contributed by atoms with Crippen LogP contribution in [-0.4, -0.2) is 17.4 Å². The van der Waals surface area contributed by atoms with Crippen molar-refractivity contribution >= 4 is 5.91 Å². The van der Waals surface area contributed by atoms with Crippen molar-refractivity contribution in [1.29, 1.82) is 0 Å². The lowest BCUT2D eigenvalue weighted by Gasteiger charge is -2.20. The lowest BCUT2D eigenvalue weighted by Crippen LogP contribution is -2.25. The Balaban J connectivity index is 1.96. The van der Waals surface area contributed by atoms with Crippen LogP contribution in [0.4, 0.5) is 0 Å². The van der Waals surface area contributed by atoms with Crippen LogP contribution < -0.4 is 0 Å². The van der Waals surface area contributed by atoms with Crippen molar-refractivity contribution in [3.63, 3.8) is 0 Å². The van der Waals surface area contributed by atoms with Crippen molar-refractivity contribution < 1.29 is 9.53 Å². The highest BCUT2D eigenvalue weighted by molar-refractivity contribution is 5.83. The Morgan fingerprint density at radius 1 is 1.27 bits per heavy atom. The van der Waals surface area contributed by atoms with Gasteiger partial charge in [0, 0.05) is 17.7 Å². The van der Waals surface area contributed by atoms with Crippen LogP contribution in [0, 0.1) is 0 Å². The topological polar surface area (TPSA) is 29.5 Å². The number of hydrogen-bond acceptors (Lipinski definition) is 2. The number of carbonyl (C=O) groups is 1. The molecular weight excluding hydrogens is 190 g/mol. The van der Waals surface area contributed by atoms with E-state index in [9.17, 15) is 4.79 Å². The highest BCUT2D eigenvalue weighted by Gasteiger charge is 2.37. The van der Waals surface area contributed by atoms with Crippen molar-refractivity contribution in [3.05, 3.63) is 47.7 Å². The molecule has 0 spiro atoms. The molecule has 2 aliphatic rings. The number of ether oxygens (including phenoxy) is 1. The van der Waals surface area contributed by atoms with Crippen LogP contribution in [0.1, 0.15) is 18.2 Å². The molecule has 0 aliphatic carbocycles. The van der Waals surface area contributed by atoms with Gasteiger partial charge in [0.25, 0.3) is 0 Å². The van der Waals surface area contributed by atoms with Gasteiger partial charge in [0.05, 0.1) is 6.61 Å². The number of nitrogens with zero attached hydrogens (tertiary/aromatic N) is 1. The van der Waals surface area contributed by atoms with Crippen molar-refractivity contribution in [3.8, 4) is 0 Å². The van der Waals surface area contributed by atoms with E-state index in [0.29, 0.717) is 13.0 Å². The maximum absolute atomic E-state index is 11.6. The van der Waals surface area contributed by atoms with Gasteiger partial charge in [-0.05, 0) is 0 Å². The van der Waals surface area contributed by atoms with Crippen LogP contribution in [0.5, 0.6) is 0 Å². The Kier molecular flexibility index (Phi) is 1.86. The molecule has 0 saturated carbocycles. The van der Waals surface area contributed by atoms with Gasteiger partial charge in [-0.25, -0.2) is 0 Å². The highest BCUT2D eigenvalue weighted by atomic mass is 16.5. The number of hydrogen-bond donors (Lipinski definition) is 0. The van der Waals surface area contributed by atoms with Gasteiger partial charge in [0.1, 0.15) is 0 Å².